The summed E-state index contributed by atoms with van der Waals surface area (Å²) in [4.78, 5) is 18.0. The van der Waals surface area contributed by atoms with Crippen molar-refractivity contribution < 1.29 is 48.9 Å². The summed E-state index contributed by atoms with van der Waals surface area (Å²) in [6.45, 7) is 0. The van der Waals surface area contributed by atoms with Gasteiger partial charge in [-0.1, -0.05) is 8.96 Å². The minimum absolute atomic E-state index is 0.583. The molecule has 0 aliphatic rings. The highest BCUT2D eigenvalue weighted by Crippen LogP contribution is 2.35. The Balaban J connectivity index is 0. The van der Waals surface area contributed by atoms with Crippen LogP contribution in [0.3, 0.4) is 0 Å². The van der Waals surface area contributed by atoms with Crippen LogP contribution in [0.25, 0.3) is 0 Å². The third kappa shape index (κ3) is 6.19. The fourth-order valence-electron chi connectivity index (χ4n) is 0.148. The van der Waals surface area contributed by atoms with Crippen LogP contribution in [-0.2, 0) is 4.79 Å². The highest BCUT2D eigenvalue weighted by molar-refractivity contribution is 5.79. The van der Waals surface area contributed by atoms with Gasteiger partial charge in [-0.25, -0.2) is 0 Å². The van der Waals surface area contributed by atoms with E-state index in [4.69, 9.17) is 4.91 Å². The molecule has 0 rings (SSSR count). The fraction of sp³-hybridized carbons (Fsp3) is 0.750. The van der Waals surface area contributed by atoms with E-state index in [1.54, 1.807) is 0 Å². The van der Waals surface area contributed by atoms with Crippen molar-refractivity contribution >= 4 is 5.91 Å². The number of amides is 1. The maximum atomic E-state index is 11.1. The van der Waals surface area contributed by atoms with Crippen molar-refractivity contribution in [3.63, 3.8) is 0 Å². The number of hydrogen-bond acceptors (Lipinski definition) is 3. The van der Waals surface area contributed by atoms with Gasteiger partial charge < -0.3 is 0 Å². The van der Waals surface area contributed by atoms with Gasteiger partial charge in [-0.15, -0.1) is 4.91 Å². The van der Waals surface area contributed by atoms with Crippen molar-refractivity contribution in [3.05, 3.63) is 4.91 Å². The van der Waals surface area contributed by atoms with Crippen LogP contribution in [0.1, 0.15) is 0 Å². The molecule has 14 heteroatoms. The molecule has 0 heterocycles. The zero-order chi connectivity index (χ0) is 15.4. The standard InChI is InChI=1S/2C2F5NO/c3-2(4,5)1(9)8(6)7;3-1(4,5)2(6,7)8-9. The molecule has 0 saturated carbocycles. The molecule has 18 heavy (non-hydrogen) atoms. The van der Waals surface area contributed by atoms with E-state index < -0.39 is 29.7 Å². The maximum absolute atomic E-state index is 11.1. The summed E-state index contributed by atoms with van der Waals surface area (Å²) in [5, 5.41) is -1.93. The van der Waals surface area contributed by atoms with Crippen LogP contribution < -0.4 is 0 Å². The van der Waals surface area contributed by atoms with Crippen LogP contribution in [0.15, 0.2) is 5.18 Å². The van der Waals surface area contributed by atoms with Crippen LogP contribution in [0.4, 0.5) is 44.1 Å². The largest absolute Gasteiger partial charge is 0.480 e. The second-order valence-corrected chi connectivity index (χ2v) is 2.17. The number of halogens is 10. The van der Waals surface area contributed by atoms with Gasteiger partial charge in [0.05, 0.1) is 0 Å². The number of alkyl halides is 8. The lowest BCUT2D eigenvalue weighted by Gasteiger charge is -2.09. The molecule has 0 aromatic rings. The molecular weight excluding hydrogens is 298 g/mol. The van der Waals surface area contributed by atoms with Crippen LogP contribution in [0.2, 0.25) is 0 Å². The number of carbonyl (C=O) groups excluding carboxylic acids is 1. The zero-order valence-corrected chi connectivity index (χ0v) is 7.49. The summed E-state index contributed by atoms with van der Waals surface area (Å²) in [5.41, 5.74) is 0. The summed E-state index contributed by atoms with van der Waals surface area (Å²) >= 11 is 0. The SMILES string of the molecule is O=C(N(F)F)C(F)(F)F.O=NC(F)(F)C(F)(F)F. The quantitative estimate of drug-likeness (QED) is 0.323. The summed E-state index contributed by atoms with van der Waals surface area (Å²) in [7, 11) is 0. The number of nitroso groups, excluding NO2 is 1. The first-order valence-electron chi connectivity index (χ1n) is 3.18. The zero-order valence-electron chi connectivity index (χ0n) is 7.49. The highest BCUT2D eigenvalue weighted by Gasteiger charge is 2.60. The summed E-state index contributed by atoms with van der Waals surface area (Å²) < 4.78 is 108. The van der Waals surface area contributed by atoms with E-state index in [0.717, 1.165) is 0 Å². The molecule has 1 amide bonds. The van der Waals surface area contributed by atoms with Crippen molar-refractivity contribution in [1.82, 2.24) is 5.34 Å². The maximum Gasteiger partial charge on any atom is 0.480 e. The van der Waals surface area contributed by atoms with Gasteiger partial charge in [0.25, 0.3) is 0 Å². The molecule has 0 atom stereocenters. The minimum Gasteiger partial charge on any atom is -0.259 e. The minimum atomic E-state index is -5.87. The highest BCUT2D eigenvalue weighted by atomic mass is 19.4. The van der Waals surface area contributed by atoms with Crippen molar-refractivity contribution in [2.45, 2.75) is 18.4 Å². The lowest BCUT2D eigenvalue weighted by Crippen LogP contribution is -2.33. The molecular formula is C4F10N2O2. The summed E-state index contributed by atoms with van der Waals surface area (Å²) in [6.07, 6.45) is -11.3. The van der Waals surface area contributed by atoms with Gasteiger partial charge in [-0.05, 0) is 0 Å². The van der Waals surface area contributed by atoms with Gasteiger partial charge in [-0.3, -0.25) is 4.79 Å². The van der Waals surface area contributed by atoms with E-state index in [-0.39, 0.29) is 0 Å². The molecule has 0 aliphatic heterocycles. The lowest BCUT2D eigenvalue weighted by atomic mass is 10.6. The van der Waals surface area contributed by atoms with E-state index >= 15 is 0 Å². The first-order chi connectivity index (χ1) is 7.66. The number of carbonyl (C=O) groups is 1. The fourth-order valence-corrected chi connectivity index (χ4v) is 0.148. The Morgan fingerprint density at radius 3 is 1.22 bits per heavy atom. The van der Waals surface area contributed by atoms with Crippen molar-refractivity contribution in [2.24, 2.45) is 5.18 Å². The Labute approximate surface area is 90.0 Å². The third-order valence-corrected chi connectivity index (χ3v) is 0.852. The predicted molar refractivity (Wildman–Crippen MR) is 31.9 cm³/mol. The van der Waals surface area contributed by atoms with Gasteiger partial charge in [0.15, 0.2) is 0 Å². The van der Waals surface area contributed by atoms with E-state index in [0.29, 0.717) is 5.18 Å². The molecule has 4 nitrogen and oxygen atoms in total. The summed E-state index contributed by atoms with van der Waals surface area (Å²) in [5.74, 6) is -3.16. The average Bonchev–Trinajstić information content (AvgIpc) is 2.14. The second kappa shape index (κ2) is 5.81. The molecule has 108 valence electrons. The van der Waals surface area contributed by atoms with Crippen LogP contribution in [0, 0.1) is 4.91 Å². The molecule has 0 aliphatic carbocycles. The van der Waals surface area contributed by atoms with Gasteiger partial charge in [-0.2, -0.15) is 35.1 Å². The van der Waals surface area contributed by atoms with Crippen molar-refractivity contribution in [2.75, 3.05) is 0 Å². The Bertz CT molecular complexity index is 293. The number of nitrogens with zero attached hydrogens (tertiary/aromatic N) is 2. The van der Waals surface area contributed by atoms with E-state index in [1.165, 1.54) is 0 Å². The lowest BCUT2D eigenvalue weighted by molar-refractivity contribution is -0.278. The predicted octanol–water partition coefficient (Wildman–Crippen LogP) is 3.05. The monoisotopic (exact) mass is 298 g/mol. The molecule has 0 bridgehead atoms. The number of hydrogen-bond donors (Lipinski definition) is 0. The molecule has 0 unspecified atom stereocenters. The Morgan fingerprint density at radius 1 is 0.889 bits per heavy atom. The van der Waals surface area contributed by atoms with E-state index in [2.05, 4.69) is 0 Å². The van der Waals surface area contributed by atoms with Gasteiger partial charge in [0, 0.05) is 10.5 Å². The molecule has 0 radical (unpaired) electrons. The third-order valence-electron chi connectivity index (χ3n) is 0.852. The molecule has 0 saturated heterocycles. The average molecular weight is 298 g/mol. The van der Waals surface area contributed by atoms with Gasteiger partial charge >= 0.3 is 24.3 Å². The molecule has 0 spiro atoms. The van der Waals surface area contributed by atoms with Gasteiger partial charge in [0.2, 0.25) is 0 Å². The first kappa shape index (κ1) is 18.7. The van der Waals surface area contributed by atoms with Crippen LogP contribution in [-0.4, -0.2) is 29.7 Å². The van der Waals surface area contributed by atoms with Crippen LogP contribution in [0.5, 0.6) is 0 Å². The van der Waals surface area contributed by atoms with E-state index in [9.17, 15) is 48.9 Å². The normalized spacial score (nSPS) is 12.3. The molecule has 0 N–H and O–H groups in total. The van der Waals surface area contributed by atoms with Crippen molar-refractivity contribution in [3.8, 4) is 0 Å². The molecule has 0 aromatic carbocycles. The second-order valence-electron chi connectivity index (χ2n) is 2.17. The molecule has 0 aromatic heterocycles. The smallest absolute Gasteiger partial charge is 0.259 e. The van der Waals surface area contributed by atoms with E-state index in [1.807, 2.05) is 0 Å². The van der Waals surface area contributed by atoms with Crippen LogP contribution >= 0.6 is 0 Å². The Kier molecular flexibility index (Phi) is 6.05. The first-order valence-corrected chi connectivity index (χ1v) is 3.18. The van der Waals surface area contributed by atoms with Crippen molar-refractivity contribution in [1.29, 1.82) is 0 Å². The van der Waals surface area contributed by atoms with Gasteiger partial charge in [0.1, 0.15) is 0 Å². The summed E-state index contributed by atoms with van der Waals surface area (Å²) in [6, 6.07) is -5.45. The Morgan fingerprint density at radius 2 is 1.22 bits per heavy atom. The molecule has 0 fully saturated rings. The Hall–Kier alpha value is -1.63. The number of rotatable bonds is 1. The topological polar surface area (TPSA) is 49.7 Å².